The van der Waals surface area contributed by atoms with E-state index in [9.17, 15) is 14.9 Å². The van der Waals surface area contributed by atoms with E-state index in [0.717, 1.165) is 5.49 Å². The number of amides is 1. The average molecular weight is 386 g/mol. The largest absolute Gasteiger partial charge is 0.494 e. The number of non-ortho nitro benzene ring substituents is 1. The number of rotatable bonds is 6. The van der Waals surface area contributed by atoms with Crippen molar-refractivity contribution in [2.24, 2.45) is 11.5 Å². The number of benzene rings is 1. The molecule has 1 heterocycles. The molecule has 9 nitrogen and oxygen atoms in total. The zero-order chi connectivity index (χ0) is 20.2. The maximum atomic E-state index is 11.2. The third-order valence-electron chi connectivity index (χ3n) is 3.29. The molecule has 1 aromatic rings. The average Bonchev–Trinajstić information content (AvgIpc) is 2.52. The first-order valence-electron chi connectivity index (χ1n) is 7.82. The van der Waals surface area contributed by atoms with Crippen LogP contribution in [-0.2, 0) is 14.9 Å². The Balaban J connectivity index is 0.000000918. The molecule has 0 aliphatic carbocycles. The van der Waals surface area contributed by atoms with E-state index in [4.69, 9.17) is 15.2 Å². The van der Waals surface area contributed by atoms with Gasteiger partial charge in [0.15, 0.2) is 0 Å². The summed E-state index contributed by atoms with van der Waals surface area (Å²) in [5.41, 5.74) is 10.9. The van der Waals surface area contributed by atoms with Gasteiger partial charge in [0.2, 0.25) is 5.91 Å². The maximum Gasteiger partial charge on any atom is 0.273 e. The van der Waals surface area contributed by atoms with Crippen LogP contribution in [0.15, 0.2) is 18.2 Å². The summed E-state index contributed by atoms with van der Waals surface area (Å²) in [7, 11) is 3.75. The lowest BCUT2D eigenvalue weighted by Crippen LogP contribution is -2.49. The topological polar surface area (TPSA) is 143 Å². The predicted octanol–water partition coefficient (Wildman–Crippen LogP) is 0.875. The summed E-state index contributed by atoms with van der Waals surface area (Å²) < 4.78 is 10.5. The van der Waals surface area contributed by atoms with E-state index in [-0.39, 0.29) is 12.1 Å². The number of carbonyl (C=O) groups is 1. The highest BCUT2D eigenvalue weighted by molar-refractivity contribution is 7.78. The molecule has 10 heteroatoms. The van der Waals surface area contributed by atoms with Crippen LogP contribution in [0, 0.1) is 10.1 Å². The number of carbonyl (C=O) groups excluding carboxylic acids is 1. The highest BCUT2D eigenvalue weighted by Crippen LogP contribution is 2.39. The highest BCUT2D eigenvalue weighted by atomic mass is 32.1. The summed E-state index contributed by atoms with van der Waals surface area (Å²) in [4.78, 5) is 21.7. The lowest BCUT2D eigenvalue weighted by molar-refractivity contribution is -0.385. The van der Waals surface area contributed by atoms with Gasteiger partial charge >= 0.3 is 0 Å². The summed E-state index contributed by atoms with van der Waals surface area (Å²) >= 11 is 4.05. The van der Waals surface area contributed by atoms with Gasteiger partial charge in [-0.15, -0.1) is 0 Å². The van der Waals surface area contributed by atoms with Gasteiger partial charge in [0.1, 0.15) is 5.75 Å². The Kier molecular flexibility index (Phi) is 11.0. The molecular formula is C16H26N4O5S. The zero-order valence-corrected chi connectivity index (χ0v) is 16.0. The van der Waals surface area contributed by atoms with Gasteiger partial charge in [0.25, 0.3) is 5.69 Å². The third-order valence-corrected chi connectivity index (χ3v) is 3.29. The van der Waals surface area contributed by atoms with E-state index in [1.165, 1.54) is 12.1 Å². The van der Waals surface area contributed by atoms with E-state index < -0.39 is 16.2 Å². The summed E-state index contributed by atoms with van der Waals surface area (Å²) in [5.74, 6) is -0.0507. The number of nitro benzene ring substituents is 1. The van der Waals surface area contributed by atoms with E-state index in [1.54, 1.807) is 13.0 Å². The number of hydrogen-bond donors (Lipinski definition) is 3. The second-order valence-corrected chi connectivity index (χ2v) is 5.73. The van der Waals surface area contributed by atoms with Crippen LogP contribution < -0.4 is 21.5 Å². The van der Waals surface area contributed by atoms with Crippen LogP contribution in [-0.4, -0.2) is 50.2 Å². The standard InChI is InChI=1S/C13H16N2O5.C2H7N.CH3NS/c1-2-20-11-4-9(3-10(5-11)15(17)18)13(6-12(14)16)7-19-8-13;1-3-2;2-1-3/h3-5H,2,6-8H2,1H3,(H2,14,16);3H,1-2H3;1H,(H2,2,3). The smallest absolute Gasteiger partial charge is 0.273 e. The van der Waals surface area contributed by atoms with Crippen molar-refractivity contribution in [3.63, 3.8) is 0 Å². The van der Waals surface area contributed by atoms with Crippen molar-refractivity contribution in [1.82, 2.24) is 5.32 Å². The van der Waals surface area contributed by atoms with Gasteiger partial charge in [-0.25, -0.2) is 0 Å². The fourth-order valence-electron chi connectivity index (χ4n) is 2.30. The molecule has 1 aliphatic rings. The van der Waals surface area contributed by atoms with Crippen molar-refractivity contribution in [3.05, 3.63) is 33.9 Å². The van der Waals surface area contributed by atoms with E-state index >= 15 is 0 Å². The second-order valence-electron chi connectivity index (χ2n) is 5.46. The van der Waals surface area contributed by atoms with Crippen LogP contribution >= 0.6 is 12.2 Å². The number of ether oxygens (including phenoxy) is 2. The number of nitrogens with two attached hydrogens (primary N) is 2. The van der Waals surface area contributed by atoms with E-state index in [1.807, 2.05) is 14.1 Å². The normalized spacial score (nSPS) is 13.7. The van der Waals surface area contributed by atoms with Crippen molar-refractivity contribution in [2.45, 2.75) is 18.8 Å². The summed E-state index contributed by atoms with van der Waals surface area (Å²) in [6, 6.07) is 4.53. The molecule has 0 aromatic heterocycles. The number of nitrogens with one attached hydrogen (secondary N) is 1. The molecule has 26 heavy (non-hydrogen) atoms. The number of nitro groups is 1. The Morgan fingerprint density at radius 3 is 2.35 bits per heavy atom. The third kappa shape index (κ3) is 7.30. The molecule has 1 aromatic carbocycles. The minimum atomic E-state index is -0.580. The monoisotopic (exact) mass is 386 g/mol. The first kappa shape index (κ1) is 23.7. The minimum Gasteiger partial charge on any atom is -0.494 e. The van der Waals surface area contributed by atoms with Crippen LogP contribution in [0.4, 0.5) is 5.69 Å². The molecule has 1 aliphatic heterocycles. The van der Waals surface area contributed by atoms with Gasteiger partial charge in [-0.2, -0.15) is 0 Å². The summed E-state index contributed by atoms with van der Waals surface area (Å²) in [5, 5.41) is 13.7. The molecular weight excluding hydrogens is 360 g/mol. The molecule has 0 radical (unpaired) electrons. The summed E-state index contributed by atoms with van der Waals surface area (Å²) in [6.07, 6.45) is 0.0970. The van der Waals surface area contributed by atoms with Crippen molar-refractivity contribution in [3.8, 4) is 5.75 Å². The van der Waals surface area contributed by atoms with Crippen LogP contribution in [0.3, 0.4) is 0 Å². The lowest BCUT2D eigenvalue weighted by Gasteiger charge is -2.41. The summed E-state index contributed by atoms with van der Waals surface area (Å²) in [6.45, 7) is 2.84. The van der Waals surface area contributed by atoms with Crippen molar-refractivity contribution >= 4 is 29.3 Å². The van der Waals surface area contributed by atoms with Crippen LogP contribution in [0.1, 0.15) is 18.9 Å². The Labute approximate surface area is 158 Å². The molecule has 2 rings (SSSR count). The van der Waals surface area contributed by atoms with Crippen molar-refractivity contribution < 1.29 is 19.2 Å². The Bertz CT molecular complexity index is 608. The van der Waals surface area contributed by atoms with Crippen LogP contribution in [0.5, 0.6) is 5.75 Å². The zero-order valence-electron chi connectivity index (χ0n) is 15.2. The molecule has 1 saturated heterocycles. The van der Waals surface area contributed by atoms with Gasteiger partial charge < -0.3 is 26.3 Å². The predicted molar refractivity (Wildman–Crippen MR) is 103 cm³/mol. The number of hydrogen-bond acceptors (Lipinski definition) is 7. The number of thiocarbonyl (C=S) groups is 1. The number of nitrogens with zero attached hydrogens (tertiary/aromatic N) is 1. The fourth-order valence-corrected chi connectivity index (χ4v) is 2.30. The lowest BCUT2D eigenvalue weighted by atomic mass is 9.75. The first-order valence-corrected chi connectivity index (χ1v) is 8.30. The Hall–Kier alpha value is -2.30. The van der Waals surface area contributed by atoms with Crippen molar-refractivity contribution in [1.29, 1.82) is 0 Å². The quantitative estimate of drug-likeness (QED) is 0.371. The SMILES string of the molecule is CCOc1cc([N+](=O)[O-])cc(C2(CC(N)=O)COC2)c1.CNC.NC=S. The van der Waals surface area contributed by atoms with Crippen LogP contribution in [0.25, 0.3) is 0 Å². The Morgan fingerprint density at radius 2 is 2.00 bits per heavy atom. The Morgan fingerprint density at radius 1 is 1.46 bits per heavy atom. The molecule has 5 N–H and O–H groups in total. The second kappa shape index (κ2) is 12.1. The van der Waals surface area contributed by atoms with Gasteiger partial charge in [-0.1, -0.05) is 12.2 Å². The highest BCUT2D eigenvalue weighted by Gasteiger charge is 2.42. The molecule has 0 bridgehead atoms. The molecule has 0 spiro atoms. The van der Waals surface area contributed by atoms with E-state index in [0.29, 0.717) is 31.1 Å². The molecule has 0 atom stereocenters. The van der Waals surface area contributed by atoms with Gasteiger partial charge in [0.05, 0.1) is 41.7 Å². The van der Waals surface area contributed by atoms with Gasteiger partial charge in [-0.3, -0.25) is 14.9 Å². The minimum absolute atomic E-state index is 0.0679. The molecule has 1 amide bonds. The molecule has 146 valence electrons. The van der Waals surface area contributed by atoms with Gasteiger partial charge in [0, 0.05) is 12.5 Å². The van der Waals surface area contributed by atoms with Gasteiger partial charge in [-0.05, 0) is 32.6 Å². The van der Waals surface area contributed by atoms with E-state index in [2.05, 4.69) is 23.3 Å². The molecule has 0 saturated carbocycles. The maximum absolute atomic E-state index is 11.2. The fraction of sp³-hybridized carbons (Fsp3) is 0.500. The molecule has 1 fully saturated rings. The molecule has 0 unspecified atom stereocenters. The first-order chi connectivity index (χ1) is 12.3. The van der Waals surface area contributed by atoms with Crippen LogP contribution in [0.2, 0.25) is 0 Å². The number of primary amides is 1. The van der Waals surface area contributed by atoms with Crippen molar-refractivity contribution in [2.75, 3.05) is 33.9 Å².